The first-order chi connectivity index (χ1) is 8.13. The second-order valence-electron chi connectivity index (χ2n) is 5.23. The molecule has 0 aliphatic heterocycles. The summed E-state index contributed by atoms with van der Waals surface area (Å²) >= 11 is 0. The van der Waals surface area contributed by atoms with Crippen LogP contribution in [0.1, 0.15) is 26.7 Å². The molecule has 1 aliphatic carbocycles. The maximum absolute atomic E-state index is 9.71. The van der Waals surface area contributed by atoms with E-state index in [1.807, 2.05) is 6.92 Å². The number of aliphatic hydroxyl groups excluding tert-OH is 1. The fourth-order valence-electron chi connectivity index (χ4n) is 1.93. The SMILES string of the molecule is COCC(C)OCC(O)CNCC(C)C1CC1. The first kappa shape index (κ1) is 14.9. The lowest BCUT2D eigenvalue weighted by Crippen LogP contribution is -2.34. The third-order valence-corrected chi connectivity index (χ3v) is 3.25. The molecular weight excluding hydrogens is 218 g/mol. The molecule has 0 aromatic rings. The fourth-order valence-corrected chi connectivity index (χ4v) is 1.93. The molecule has 0 amide bonds. The van der Waals surface area contributed by atoms with Gasteiger partial charge in [0.25, 0.3) is 0 Å². The highest BCUT2D eigenvalue weighted by molar-refractivity contribution is 4.80. The predicted octanol–water partition coefficient (Wildman–Crippen LogP) is 1.03. The third kappa shape index (κ3) is 6.99. The van der Waals surface area contributed by atoms with Crippen LogP contribution in [0.4, 0.5) is 0 Å². The maximum atomic E-state index is 9.71. The van der Waals surface area contributed by atoms with Crippen LogP contribution >= 0.6 is 0 Å². The molecule has 2 N–H and O–H groups in total. The molecule has 1 fully saturated rings. The summed E-state index contributed by atoms with van der Waals surface area (Å²) in [6, 6.07) is 0. The number of ether oxygens (including phenoxy) is 2. The summed E-state index contributed by atoms with van der Waals surface area (Å²) in [4.78, 5) is 0. The van der Waals surface area contributed by atoms with E-state index in [9.17, 15) is 5.11 Å². The van der Waals surface area contributed by atoms with Crippen molar-refractivity contribution in [1.29, 1.82) is 0 Å². The van der Waals surface area contributed by atoms with Crippen LogP contribution in [0, 0.1) is 11.8 Å². The molecule has 3 atom stereocenters. The van der Waals surface area contributed by atoms with E-state index in [4.69, 9.17) is 9.47 Å². The zero-order valence-electron chi connectivity index (χ0n) is 11.3. The summed E-state index contributed by atoms with van der Waals surface area (Å²) in [5.74, 6) is 1.65. The van der Waals surface area contributed by atoms with Gasteiger partial charge in [-0.05, 0) is 38.1 Å². The topological polar surface area (TPSA) is 50.7 Å². The van der Waals surface area contributed by atoms with Crippen LogP contribution in [0.5, 0.6) is 0 Å². The molecule has 0 aromatic carbocycles. The monoisotopic (exact) mass is 245 g/mol. The van der Waals surface area contributed by atoms with Crippen LogP contribution in [0.25, 0.3) is 0 Å². The number of aliphatic hydroxyl groups is 1. The predicted molar refractivity (Wildman–Crippen MR) is 68.1 cm³/mol. The Morgan fingerprint density at radius 1 is 1.24 bits per heavy atom. The van der Waals surface area contributed by atoms with Gasteiger partial charge < -0.3 is 19.9 Å². The van der Waals surface area contributed by atoms with Crippen LogP contribution in [-0.2, 0) is 9.47 Å². The van der Waals surface area contributed by atoms with E-state index < -0.39 is 6.10 Å². The molecular formula is C13H27NO3. The molecule has 102 valence electrons. The Balaban J connectivity index is 1.94. The Morgan fingerprint density at radius 3 is 2.53 bits per heavy atom. The van der Waals surface area contributed by atoms with Crippen molar-refractivity contribution in [2.24, 2.45) is 11.8 Å². The van der Waals surface area contributed by atoms with Gasteiger partial charge in [-0.15, -0.1) is 0 Å². The smallest absolute Gasteiger partial charge is 0.0897 e. The first-order valence-electron chi connectivity index (χ1n) is 6.62. The van der Waals surface area contributed by atoms with E-state index in [0.29, 0.717) is 19.8 Å². The van der Waals surface area contributed by atoms with E-state index in [1.165, 1.54) is 12.8 Å². The summed E-state index contributed by atoms with van der Waals surface area (Å²) in [5.41, 5.74) is 0. The number of methoxy groups -OCH3 is 1. The molecule has 0 aromatic heterocycles. The highest BCUT2D eigenvalue weighted by Gasteiger charge is 2.27. The summed E-state index contributed by atoms with van der Waals surface area (Å²) in [7, 11) is 1.65. The number of hydrogen-bond donors (Lipinski definition) is 2. The van der Waals surface area contributed by atoms with Crippen molar-refractivity contribution in [1.82, 2.24) is 5.32 Å². The number of rotatable bonds is 10. The van der Waals surface area contributed by atoms with Crippen LogP contribution in [0.2, 0.25) is 0 Å². The van der Waals surface area contributed by atoms with Crippen molar-refractivity contribution in [2.75, 3.05) is 33.4 Å². The molecule has 0 heterocycles. The van der Waals surface area contributed by atoms with Gasteiger partial charge in [-0.2, -0.15) is 0 Å². The fraction of sp³-hybridized carbons (Fsp3) is 1.00. The molecule has 0 bridgehead atoms. The Morgan fingerprint density at radius 2 is 1.94 bits per heavy atom. The third-order valence-electron chi connectivity index (χ3n) is 3.25. The molecule has 17 heavy (non-hydrogen) atoms. The quantitative estimate of drug-likeness (QED) is 0.604. The lowest BCUT2D eigenvalue weighted by atomic mass is 10.1. The van der Waals surface area contributed by atoms with Gasteiger partial charge in [0, 0.05) is 13.7 Å². The van der Waals surface area contributed by atoms with E-state index in [2.05, 4.69) is 12.2 Å². The molecule has 0 radical (unpaired) electrons. The lowest BCUT2D eigenvalue weighted by Gasteiger charge is -2.17. The van der Waals surface area contributed by atoms with Crippen LogP contribution < -0.4 is 5.32 Å². The normalized spacial score (nSPS) is 21.2. The summed E-state index contributed by atoms with van der Waals surface area (Å²) in [6.45, 7) is 6.76. The maximum Gasteiger partial charge on any atom is 0.0897 e. The molecule has 1 rings (SSSR count). The van der Waals surface area contributed by atoms with Crippen molar-refractivity contribution < 1.29 is 14.6 Å². The van der Waals surface area contributed by atoms with E-state index in [-0.39, 0.29) is 6.10 Å². The van der Waals surface area contributed by atoms with Crippen LogP contribution in [0.15, 0.2) is 0 Å². The van der Waals surface area contributed by atoms with Crippen molar-refractivity contribution >= 4 is 0 Å². The molecule has 1 saturated carbocycles. The van der Waals surface area contributed by atoms with Gasteiger partial charge in [0.2, 0.25) is 0 Å². The van der Waals surface area contributed by atoms with Gasteiger partial charge in [-0.1, -0.05) is 6.92 Å². The summed E-state index contributed by atoms with van der Waals surface area (Å²) < 4.78 is 10.4. The second-order valence-corrected chi connectivity index (χ2v) is 5.23. The van der Waals surface area contributed by atoms with Crippen molar-refractivity contribution in [3.8, 4) is 0 Å². The van der Waals surface area contributed by atoms with Crippen molar-refractivity contribution in [2.45, 2.75) is 38.9 Å². The molecule has 0 spiro atoms. The molecule has 0 saturated heterocycles. The Hall–Kier alpha value is -0.160. The minimum atomic E-state index is -0.430. The average Bonchev–Trinajstić information content (AvgIpc) is 3.10. The van der Waals surface area contributed by atoms with Gasteiger partial charge in [0.05, 0.1) is 25.4 Å². The second kappa shape index (κ2) is 8.03. The van der Waals surface area contributed by atoms with Crippen molar-refractivity contribution in [3.63, 3.8) is 0 Å². The van der Waals surface area contributed by atoms with Gasteiger partial charge in [0.15, 0.2) is 0 Å². The Kier molecular flexibility index (Phi) is 7.04. The molecule has 1 aliphatic rings. The standard InChI is InChI=1S/C13H27NO3/c1-10(12-4-5-12)6-14-7-13(15)9-17-11(2)8-16-3/h10-15H,4-9H2,1-3H3. The summed E-state index contributed by atoms with van der Waals surface area (Å²) in [5, 5.41) is 13.0. The average molecular weight is 245 g/mol. The minimum Gasteiger partial charge on any atom is -0.389 e. The highest BCUT2D eigenvalue weighted by atomic mass is 16.5. The van der Waals surface area contributed by atoms with Gasteiger partial charge in [-0.3, -0.25) is 0 Å². The van der Waals surface area contributed by atoms with Crippen molar-refractivity contribution in [3.05, 3.63) is 0 Å². The van der Waals surface area contributed by atoms with Gasteiger partial charge in [-0.25, -0.2) is 0 Å². The first-order valence-corrected chi connectivity index (χ1v) is 6.62. The number of nitrogens with one attached hydrogen (secondary N) is 1. The molecule has 4 nitrogen and oxygen atoms in total. The zero-order valence-corrected chi connectivity index (χ0v) is 11.3. The Bertz CT molecular complexity index is 197. The lowest BCUT2D eigenvalue weighted by molar-refractivity contribution is -0.0311. The molecule has 3 unspecified atom stereocenters. The van der Waals surface area contributed by atoms with Gasteiger partial charge >= 0.3 is 0 Å². The van der Waals surface area contributed by atoms with E-state index in [1.54, 1.807) is 7.11 Å². The minimum absolute atomic E-state index is 0.0417. The molecule has 4 heteroatoms. The Labute approximate surface area is 105 Å². The summed E-state index contributed by atoms with van der Waals surface area (Å²) in [6.07, 6.45) is 2.37. The van der Waals surface area contributed by atoms with E-state index >= 15 is 0 Å². The largest absolute Gasteiger partial charge is 0.389 e. The highest BCUT2D eigenvalue weighted by Crippen LogP contribution is 2.35. The van der Waals surface area contributed by atoms with E-state index in [0.717, 1.165) is 18.4 Å². The van der Waals surface area contributed by atoms with Gasteiger partial charge in [0.1, 0.15) is 0 Å². The zero-order chi connectivity index (χ0) is 12.7. The number of hydrogen-bond acceptors (Lipinski definition) is 4. The van der Waals surface area contributed by atoms with Crippen LogP contribution in [0.3, 0.4) is 0 Å². The van der Waals surface area contributed by atoms with Crippen LogP contribution in [-0.4, -0.2) is 50.7 Å².